The topological polar surface area (TPSA) is 97.6 Å². The number of hydrogen-bond acceptors (Lipinski definition) is 5. The van der Waals surface area contributed by atoms with Crippen LogP contribution in [0.2, 0.25) is 5.15 Å². The third-order valence-electron chi connectivity index (χ3n) is 1.48. The average Bonchev–Trinajstić information content (AvgIpc) is 2.53. The van der Waals surface area contributed by atoms with Crippen molar-refractivity contribution in [2.75, 3.05) is 0 Å². The van der Waals surface area contributed by atoms with Crippen LogP contribution in [0.25, 0.3) is 11.0 Å². The summed E-state index contributed by atoms with van der Waals surface area (Å²) < 4.78 is 0. The number of halogens is 1. The predicted octanol–water partition coefficient (Wildman–Crippen LogP) is 0.914. The molecule has 0 aromatic carbocycles. The van der Waals surface area contributed by atoms with E-state index in [1.165, 1.54) is 0 Å². The van der Waals surface area contributed by atoms with Gasteiger partial charge in [-0.1, -0.05) is 11.6 Å². The van der Waals surface area contributed by atoms with Gasteiger partial charge in [0.25, 0.3) is 0 Å². The normalized spacial score (nSPS) is 10.5. The number of nitrogens with one attached hydrogen (secondary N) is 1. The standard InChI is InChI=1S/C5H2ClN5O2/c6-5-4-3(8-10-9-4)2(1-7-5)11(12)13/h1H,(H,8,9,10). The van der Waals surface area contributed by atoms with Crippen LogP contribution >= 0.6 is 11.6 Å². The highest BCUT2D eigenvalue weighted by Crippen LogP contribution is 2.24. The number of aromatic amines is 1. The van der Waals surface area contributed by atoms with Gasteiger partial charge in [0, 0.05) is 0 Å². The zero-order chi connectivity index (χ0) is 9.42. The van der Waals surface area contributed by atoms with Gasteiger partial charge in [-0.2, -0.15) is 10.3 Å². The zero-order valence-electron chi connectivity index (χ0n) is 6.06. The molecule has 0 aliphatic rings. The lowest BCUT2D eigenvalue weighted by atomic mass is 10.3. The van der Waals surface area contributed by atoms with Gasteiger partial charge in [0.2, 0.25) is 0 Å². The zero-order valence-corrected chi connectivity index (χ0v) is 6.82. The Kier molecular flexibility index (Phi) is 1.59. The van der Waals surface area contributed by atoms with Crippen LogP contribution in [0.1, 0.15) is 0 Å². The molecule has 0 amide bonds. The van der Waals surface area contributed by atoms with Crippen molar-refractivity contribution in [3.05, 3.63) is 21.5 Å². The highest BCUT2D eigenvalue weighted by atomic mass is 35.5. The molecule has 0 atom stereocenters. The largest absolute Gasteiger partial charge is 0.317 e. The first-order chi connectivity index (χ1) is 6.20. The number of hydrogen-bond donors (Lipinski definition) is 1. The second-order valence-corrected chi connectivity index (χ2v) is 2.57. The van der Waals surface area contributed by atoms with Gasteiger partial charge >= 0.3 is 5.69 Å². The van der Waals surface area contributed by atoms with E-state index in [0.29, 0.717) is 0 Å². The van der Waals surface area contributed by atoms with Gasteiger partial charge in [0.15, 0.2) is 16.2 Å². The summed E-state index contributed by atoms with van der Waals surface area (Å²) in [6.07, 6.45) is 1.05. The summed E-state index contributed by atoms with van der Waals surface area (Å²) in [7, 11) is 0. The first kappa shape index (κ1) is 7.87. The molecule has 0 fully saturated rings. The van der Waals surface area contributed by atoms with Gasteiger partial charge in [0.05, 0.1) is 4.92 Å². The van der Waals surface area contributed by atoms with E-state index in [9.17, 15) is 10.1 Å². The van der Waals surface area contributed by atoms with Gasteiger partial charge in [-0.15, -0.1) is 5.10 Å². The Morgan fingerprint density at radius 1 is 1.46 bits per heavy atom. The number of H-pyrrole nitrogens is 1. The highest BCUT2D eigenvalue weighted by Gasteiger charge is 2.18. The molecule has 2 rings (SSSR count). The van der Waals surface area contributed by atoms with Crippen molar-refractivity contribution in [3.8, 4) is 0 Å². The molecule has 0 unspecified atom stereocenters. The lowest BCUT2D eigenvalue weighted by Crippen LogP contribution is -1.91. The van der Waals surface area contributed by atoms with Crippen molar-refractivity contribution < 1.29 is 4.92 Å². The van der Waals surface area contributed by atoms with Crippen LogP contribution in [0.5, 0.6) is 0 Å². The first-order valence-electron chi connectivity index (χ1n) is 3.19. The average molecular weight is 200 g/mol. The second kappa shape index (κ2) is 2.63. The molecule has 2 aromatic rings. The summed E-state index contributed by atoms with van der Waals surface area (Å²) >= 11 is 5.62. The van der Waals surface area contributed by atoms with Crippen LogP contribution in [0.3, 0.4) is 0 Å². The van der Waals surface area contributed by atoms with Crippen LogP contribution in [0.4, 0.5) is 5.69 Å². The fourth-order valence-corrected chi connectivity index (χ4v) is 1.11. The van der Waals surface area contributed by atoms with E-state index >= 15 is 0 Å². The monoisotopic (exact) mass is 199 g/mol. The van der Waals surface area contributed by atoms with E-state index in [1.807, 2.05) is 0 Å². The minimum Gasteiger partial charge on any atom is -0.258 e. The third-order valence-corrected chi connectivity index (χ3v) is 1.76. The van der Waals surface area contributed by atoms with Gasteiger partial charge < -0.3 is 0 Å². The number of nitrogens with zero attached hydrogens (tertiary/aromatic N) is 4. The Morgan fingerprint density at radius 3 is 2.85 bits per heavy atom. The maximum absolute atomic E-state index is 10.5. The fourth-order valence-electron chi connectivity index (χ4n) is 0.927. The van der Waals surface area contributed by atoms with Gasteiger partial charge in [-0.3, -0.25) is 10.1 Å². The summed E-state index contributed by atoms with van der Waals surface area (Å²) in [5, 5.41) is 20.0. The molecule has 0 radical (unpaired) electrons. The molecular formula is C5H2ClN5O2. The molecular weight excluding hydrogens is 198 g/mol. The number of pyridine rings is 1. The summed E-state index contributed by atoms with van der Waals surface area (Å²) in [4.78, 5) is 13.5. The number of fused-ring (bicyclic) bond motifs is 1. The molecule has 0 aliphatic heterocycles. The van der Waals surface area contributed by atoms with Crippen molar-refractivity contribution in [1.82, 2.24) is 20.4 Å². The quantitative estimate of drug-likeness (QED) is 0.418. The Hall–Kier alpha value is -1.76. The Morgan fingerprint density at radius 2 is 2.15 bits per heavy atom. The smallest absolute Gasteiger partial charge is 0.258 e. The molecule has 66 valence electrons. The fraction of sp³-hybridized carbons (Fsp3) is 0. The van der Waals surface area contributed by atoms with Gasteiger partial charge in [0.1, 0.15) is 6.20 Å². The van der Waals surface area contributed by atoms with Crippen molar-refractivity contribution >= 4 is 28.3 Å². The maximum atomic E-state index is 10.5. The van der Waals surface area contributed by atoms with E-state index in [2.05, 4.69) is 20.4 Å². The molecule has 0 spiro atoms. The number of aromatic nitrogens is 4. The summed E-state index contributed by atoms with van der Waals surface area (Å²) in [6.45, 7) is 0. The minimum atomic E-state index is -0.589. The third kappa shape index (κ3) is 1.09. The van der Waals surface area contributed by atoms with E-state index in [0.717, 1.165) is 6.20 Å². The molecule has 0 bridgehead atoms. The molecule has 2 heterocycles. The van der Waals surface area contributed by atoms with Crippen molar-refractivity contribution in [1.29, 1.82) is 0 Å². The van der Waals surface area contributed by atoms with Gasteiger partial charge in [-0.05, 0) is 0 Å². The van der Waals surface area contributed by atoms with Crippen LogP contribution in [0.15, 0.2) is 6.20 Å². The van der Waals surface area contributed by atoms with E-state index in [1.54, 1.807) is 0 Å². The molecule has 13 heavy (non-hydrogen) atoms. The molecule has 7 nitrogen and oxygen atoms in total. The summed E-state index contributed by atoms with van der Waals surface area (Å²) in [5.41, 5.74) is 0.106. The molecule has 0 aliphatic carbocycles. The molecule has 8 heteroatoms. The van der Waals surface area contributed by atoms with Crippen LogP contribution in [-0.2, 0) is 0 Å². The van der Waals surface area contributed by atoms with Crippen molar-refractivity contribution in [2.24, 2.45) is 0 Å². The predicted molar refractivity (Wildman–Crippen MR) is 43.3 cm³/mol. The van der Waals surface area contributed by atoms with Crippen molar-refractivity contribution in [2.45, 2.75) is 0 Å². The van der Waals surface area contributed by atoms with Crippen molar-refractivity contribution in [3.63, 3.8) is 0 Å². The first-order valence-corrected chi connectivity index (χ1v) is 3.57. The molecule has 0 saturated heterocycles. The number of rotatable bonds is 1. The molecule has 1 N–H and O–H groups in total. The van der Waals surface area contributed by atoms with E-state index in [-0.39, 0.29) is 21.9 Å². The summed E-state index contributed by atoms with van der Waals surface area (Å²) in [5.74, 6) is 0. The lowest BCUT2D eigenvalue weighted by molar-refractivity contribution is -0.383. The Balaban J connectivity index is 2.86. The van der Waals surface area contributed by atoms with E-state index < -0.39 is 4.92 Å². The second-order valence-electron chi connectivity index (χ2n) is 2.21. The number of nitro groups is 1. The highest BCUT2D eigenvalue weighted by molar-refractivity contribution is 6.33. The van der Waals surface area contributed by atoms with Crippen LogP contribution in [-0.4, -0.2) is 25.3 Å². The lowest BCUT2D eigenvalue weighted by Gasteiger charge is -1.91. The Labute approximate surface area is 75.9 Å². The summed E-state index contributed by atoms with van der Waals surface area (Å²) in [6, 6.07) is 0. The van der Waals surface area contributed by atoms with Crippen LogP contribution < -0.4 is 0 Å². The molecule has 2 aromatic heterocycles. The minimum absolute atomic E-state index is 0.0920. The molecule has 0 saturated carbocycles. The van der Waals surface area contributed by atoms with Crippen LogP contribution in [0, 0.1) is 10.1 Å². The van der Waals surface area contributed by atoms with Gasteiger partial charge in [-0.25, -0.2) is 4.98 Å². The Bertz CT molecular complexity index is 481. The van der Waals surface area contributed by atoms with E-state index in [4.69, 9.17) is 11.6 Å². The SMILES string of the molecule is O=[N+]([O-])c1cnc(Cl)c2n[nH]nc12. The maximum Gasteiger partial charge on any atom is 0.317 e.